The van der Waals surface area contributed by atoms with Crippen LogP contribution in [-0.2, 0) is 4.79 Å². The van der Waals surface area contributed by atoms with E-state index in [0.717, 1.165) is 16.8 Å². The fourth-order valence-electron chi connectivity index (χ4n) is 2.24. The number of halogens is 1. The second-order valence-electron chi connectivity index (χ2n) is 5.77. The summed E-state index contributed by atoms with van der Waals surface area (Å²) < 4.78 is 1.65. The molecule has 0 spiro atoms. The van der Waals surface area contributed by atoms with Crippen LogP contribution in [0.4, 0.5) is 5.82 Å². The number of anilines is 1. The molecule has 0 aliphatic carbocycles. The molecular weight excluding hydrogens is 372 g/mol. The Morgan fingerprint density at radius 3 is 2.81 bits per heavy atom. The van der Waals surface area contributed by atoms with Crippen molar-refractivity contribution in [3.8, 4) is 5.69 Å². The smallest absolute Gasteiger partial charge is 0.238 e. The van der Waals surface area contributed by atoms with E-state index in [4.69, 9.17) is 11.6 Å². The summed E-state index contributed by atoms with van der Waals surface area (Å²) in [4.78, 5) is 16.5. The lowest BCUT2D eigenvalue weighted by Crippen LogP contribution is -2.23. The van der Waals surface area contributed by atoms with Gasteiger partial charge >= 0.3 is 0 Å². The van der Waals surface area contributed by atoms with Crippen LogP contribution in [0.25, 0.3) is 5.69 Å². The minimum Gasteiger partial charge on any atom is -0.310 e. The number of rotatable bonds is 5. The summed E-state index contributed by atoms with van der Waals surface area (Å²) in [6.07, 6.45) is 1.48. The molecule has 134 valence electrons. The summed E-state index contributed by atoms with van der Waals surface area (Å²) in [5.41, 5.74) is 3.05. The molecule has 1 N–H and O–H groups in total. The Labute approximate surface area is 160 Å². The lowest BCUT2D eigenvalue weighted by atomic mass is 10.1. The number of aromatic nitrogens is 5. The maximum atomic E-state index is 12.4. The number of aryl methyl sites for hydroxylation is 2. The number of amides is 1. The van der Waals surface area contributed by atoms with Crippen LogP contribution in [-0.4, -0.2) is 36.3 Å². The number of benzene rings is 1. The Bertz CT molecular complexity index is 927. The van der Waals surface area contributed by atoms with Gasteiger partial charge in [0, 0.05) is 6.20 Å². The largest absolute Gasteiger partial charge is 0.310 e. The van der Waals surface area contributed by atoms with Crippen molar-refractivity contribution in [3.05, 3.63) is 52.7 Å². The summed E-state index contributed by atoms with van der Waals surface area (Å²) in [6, 6.07) is 9.38. The molecule has 9 heteroatoms. The SMILES string of the molecule is Cc1ccc(C)c(-n2nnnc2SC(C)C(=O)Nc2ccc(Cl)cn2)c1. The molecule has 7 nitrogen and oxygen atoms in total. The van der Waals surface area contributed by atoms with E-state index in [1.165, 1.54) is 18.0 Å². The second-order valence-corrected chi connectivity index (χ2v) is 7.52. The first-order valence-corrected chi connectivity index (χ1v) is 9.15. The van der Waals surface area contributed by atoms with Gasteiger partial charge in [0.1, 0.15) is 5.82 Å². The molecule has 2 aromatic heterocycles. The molecule has 1 unspecified atom stereocenters. The molecule has 1 atom stereocenters. The molecule has 3 rings (SSSR count). The first-order chi connectivity index (χ1) is 12.4. The van der Waals surface area contributed by atoms with Crippen molar-refractivity contribution < 1.29 is 4.79 Å². The van der Waals surface area contributed by atoms with E-state index in [-0.39, 0.29) is 5.91 Å². The van der Waals surface area contributed by atoms with Gasteiger partial charge < -0.3 is 5.32 Å². The molecule has 0 aliphatic heterocycles. The van der Waals surface area contributed by atoms with Gasteiger partial charge in [-0.05, 0) is 60.5 Å². The summed E-state index contributed by atoms with van der Waals surface area (Å²) in [7, 11) is 0. The van der Waals surface area contributed by atoms with Crippen LogP contribution < -0.4 is 5.32 Å². The van der Waals surface area contributed by atoms with Crippen molar-refractivity contribution in [2.75, 3.05) is 5.32 Å². The number of pyridine rings is 1. The zero-order chi connectivity index (χ0) is 18.7. The molecule has 0 saturated heterocycles. The first-order valence-electron chi connectivity index (χ1n) is 7.89. The van der Waals surface area contributed by atoms with Crippen LogP contribution >= 0.6 is 23.4 Å². The van der Waals surface area contributed by atoms with Crippen molar-refractivity contribution in [1.29, 1.82) is 0 Å². The van der Waals surface area contributed by atoms with Crippen LogP contribution in [0.2, 0.25) is 5.02 Å². The van der Waals surface area contributed by atoms with E-state index in [2.05, 4.69) is 25.8 Å². The summed E-state index contributed by atoms with van der Waals surface area (Å²) in [5, 5.41) is 15.3. The lowest BCUT2D eigenvalue weighted by molar-refractivity contribution is -0.115. The summed E-state index contributed by atoms with van der Waals surface area (Å²) >= 11 is 7.08. The Morgan fingerprint density at radius 2 is 2.08 bits per heavy atom. The van der Waals surface area contributed by atoms with Gasteiger partial charge in [0.25, 0.3) is 0 Å². The van der Waals surface area contributed by atoms with E-state index >= 15 is 0 Å². The predicted molar refractivity (Wildman–Crippen MR) is 102 cm³/mol. The van der Waals surface area contributed by atoms with E-state index in [1.54, 1.807) is 23.7 Å². The maximum absolute atomic E-state index is 12.4. The third-order valence-corrected chi connectivity index (χ3v) is 4.92. The minimum absolute atomic E-state index is 0.194. The monoisotopic (exact) mass is 388 g/mol. The zero-order valence-corrected chi connectivity index (χ0v) is 16.0. The van der Waals surface area contributed by atoms with Gasteiger partial charge in [-0.1, -0.05) is 35.5 Å². The molecule has 26 heavy (non-hydrogen) atoms. The van der Waals surface area contributed by atoms with Crippen molar-refractivity contribution in [3.63, 3.8) is 0 Å². The van der Waals surface area contributed by atoms with E-state index in [0.29, 0.717) is 16.0 Å². The van der Waals surface area contributed by atoms with E-state index in [1.807, 2.05) is 32.0 Å². The second kappa shape index (κ2) is 7.84. The normalized spacial score (nSPS) is 12.0. The number of nitrogens with one attached hydrogen (secondary N) is 1. The van der Waals surface area contributed by atoms with Gasteiger partial charge in [-0.25, -0.2) is 4.98 Å². The fraction of sp³-hybridized carbons (Fsp3) is 0.235. The highest BCUT2D eigenvalue weighted by Gasteiger charge is 2.20. The van der Waals surface area contributed by atoms with Gasteiger partial charge in [-0.2, -0.15) is 4.68 Å². The van der Waals surface area contributed by atoms with Crippen LogP contribution in [0, 0.1) is 13.8 Å². The zero-order valence-electron chi connectivity index (χ0n) is 14.5. The molecule has 0 bridgehead atoms. The van der Waals surface area contributed by atoms with Crippen LogP contribution in [0.5, 0.6) is 0 Å². The van der Waals surface area contributed by atoms with Crippen molar-refractivity contribution in [2.24, 2.45) is 0 Å². The standard InChI is InChI=1S/C17H17ClN6OS/c1-10-4-5-11(2)14(8-10)24-17(21-22-23-24)26-12(3)16(25)20-15-7-6-13(18)9-19-15/h4-9,12H,1-3H3,(H,19,20,25). The highest BCUT2D eigenvalue weighted by atomic mass is 35.5. The van der Waals surface area contributed by atoms with Crippen molar-refractivity contribution >= 4 is 35.1 Å². The number of carbonyl (C=O) groups excluding carboxylic acids is 1. The maximum Gasteiger partial charge on any atom is 0.238 e. The third kappa shape index (κ3) is 4.20. The van der Waals surface area contributed by atoms with Crippen LogP contribution in [0.3, 0.4) is 0 Å². The molecule has 0 radical (unpaired) electrons. The number of hydrogen-bond donors (Lipinski definition) is 1. The number of tetrazole rings is 1. The van der Waals surface area contributed by atoms with Crippen LogP contribution in [0.15, 0.2) is 41.7 Å². The van der Waals surface area contributed by atoms with Gasteiger partial charge in [-0.15, -0.1) is 5.10 Å². The van der Waals surface area contributed by atoms with Gasteiger partial charge in [0.2, 0.25) is 11.1 Å². The molecule has 0 aliphatic rings. The number of hydrogen-bond acceptors (Lipinski definition) is 6. The fourth-order valence-corrected chi connectivity index (χ4v) is 3.15. The first kappa shape index (κ1) is 18.3. The molecule has 1 aromatic carbocycles. The highest BCUT2D eigenvalue weighted by molar-refractivity contribution is 8.00. The van der Waals surface area contributed by atoms with E-state index in [9.17, 15) is 4.79 Å². The molecular formula is C17H17ClN6OS. The molecule has 2 heterocycles. The molecule has 0 fully saturated rings. The van der Waals surface area contributed by atoms with Gasteiger partial charge in [0.15, 0.2) is 0 Å². The Balaban J connectivity index is 1.75. The number of nitrogens with zero attached hydrogens (tertiary/aromatic N) is 5. The number of carbonyl (C=O) groups is 1. The minimum atomic E-state index is -0.414. The summed E-state index contributed by atoms with van der Waals surface area (Å²) in [6.45, 7) is 5.79. The topological polar surface area (TPSA) is 85.6 Å². The lowest BCUT2D eigenvalue weighted by Gasteiger charge is -2.12. The van der Waals surface area contributed by atoms with E-state index < -0.39 is 5.25 Å². The molecule has 3 aromatic rings. The number of thioether (sulfide) groups is 1. The van der Waals surface area contributed by atoms with Gasteiger partial charge in [0.05, 0.1) is 16.0 Å². The summed E-state index contributed by atoms with van der Waals surface area (Å²) in [5.74, 6) is 0.251. The average Bonchev–Trinajstić information content (AvgIpc) is 3.07. The third-order valence-electron chi connectivity index (χ3n) is 3.66. The quantitative estimate of drug-likeness (QED) is 0.674. The Morgan fingerprint density at radius 1 is 1.27 bits per heavy atom. The average molecular weight is 389 g/mol. The Kier molecular flexibility index (Phi) is 5.53. The van der Waals surface area contributed by atoms with Crippen LogP contribution in [0.1, 0.15) is 18.1 Å². The van der Waals surface area contributed by atoms with Gasteiger partial charge in [-0.3, -0.25) is 4.79 Å². The predicted octanol–water partition coefficient (Wildman–Crippen LogP) is 3.45. The van der Waals surface area contributed by atoms with Crippen molar-refractivity contribution in [2.45, 2.75) is 31.2 Å². The molecule has 1 amide bonds. The highest BCUT2D eigenvalue weighted by Crippen LogP contribution is 2.25. The Hall–Kier alpha value is -2.45. The van der Waals surface area contributed by atoms with Crippen molar-refractivity contribution in [1.82, 2.24) is 25.2 Å². The molecule has 0 saturated carbocycles.